The van der Waals surface area contributed by atoms with Gasteiger partial charge in [0.25, 0.3) is 5.56 Å². The molecule has 0 unspecified atom stereocenters. The van der Waals surface area contributed by atoms with Crippen LogP contribution < -0.4 is 10.5 Å². The van der Waals surface area contributed by atoms with Crippen LogP contribution in [0.4, 0.5) is 10.2 Å². The van der Waals surface area contributed by atoms with E-state index in [0.717, 1.165) is 73.1 Å². The lowest BCUT2D eigenvalue weighted by molar-refractivity contribution is 0.242. The third-order valence-corrected chi connectivity index (χ3v) is 6.79. The van der Waals surface area contributed by atoms with Gasteiger partial charge in [-0.2, -0.15) is 16.9 Å². The van der Waals surface area contributed by atoms with Gasteiger partial charge in [-0.3, -0.25) is 9.69 Å². The van der Waals surface area contributed by atoms with E-state index >= 15 is 0 Å². The van der Waals surface area contributed by atoms with E-state index in [1.54, 1.807) is 16.8 Å². The predicted octanol–water partition coefficient (Wildman–Crippen LogP) is 1.94. The summed E-state index contributed by atoms with van der Waals surface area (Å²) in [5.74, 6) is 2.53. The van der Waals surface area contributed by atoms with Crippen molar-refractivity contribution in [2.75, 3.05) is 43.4 Å². The lowest BCUT2D eigenvalue weighted by atomic mass is 10.2. The fourth-order valence-corrected chi connectivity index (χ4v) is 5.05. The average Bonchev–Trinajstić information content (AvgIpc) is 2.77. The zero-order chi connectivity index (χ0) is 20.5. The SMILES string of the molecule is O=c1cc2c(nn1CCN1CCN(c3ncnc4cc(F)ccc34)CC1)CCSC2. The maximum Gasteiger partial charge on any atom is 0.267 e. The van der Waals surface area contributed by atoms with Crippen LogP contribution in [0.5, 0.6) is 0 Å². The summed E-state index contributed by atoms with van der Waals surface area (Å²) >= 11 is 1.86. The Balaban J connectivity index is 1.23. The molecule has 0 radical (unpaired) electrons. The molecule has 0 N–H and O–H groups in total. The third kappa shape index (κ3) is 3.91. The van der Waals surface area contributed by atoms with Crippen molar-refractivity contribution in [1.29, 1.82) is 0 Å². The maximum absolute atomic E-state index is 13.5. The van der Waals surface area contributed by atoms with Crippen molar-refractivity contribution in [2.45, 2.75) is 18.7 Å². The van der Waals surface area contributed by atoms with E-state index in [0.29, 0.717) is 12.1 Å². The molecule has 3 aromatic rings. The molecule has 1 aromatic carbocycles. The van der Waals surface area contributed by atoms with Crippen LogP contribution in [0.2, 0.25) is 0 Å². The van der Waals surface area contributed by atoms with E-state index in [-0.39, 0.29) is 11.4 Å². The average molecular weight is 427 g/mol. The fraction of sp³-hybridized carbons (Fsp3) is 0.429. The lowest BCUT2D eigenvalue weighted by Gasteiger charge is -2.35. The van der Waals surface area contributed by atoms with Gasteiger partial charge in [-0.05, 0) is 23.4 Å². The van der Waals surface area contributed by atoms with E-state index < -0.39 is 0 Å². The number of hydrogen-bond donors (Lipinski definition) is 0. The highest BCUT2D eigenvalue weighted by Gasteiger charge is 2.20. The molecule has 156 valence electrons. The van der Waals surface area contributed by atoms with Crippen LogP contribution in [0.1, 0.15) is 11.3 Å². The molecule has 1 fully saturated rings. The molecule has 0 saturated carbocycles. The highest BCUT2D eigenvalue weighted by atomic mass is 32.2. The molecule has 0 aliphatic carbocycles. The van der Waals surface area contributed by atoms with Gasteiger partial charge >= 0.3 is 0 Å². The molecular formula is C21H23FN6OS. The van der Waals surface area contributed by atoms with Crippen LogP contribution in [0.15, 0.2) is 35.4 Å². The Morgan fingerprint density at radius 3 is 2.80 bits per heavy atom. The number of aryl methyl sites for hydroxylation is 1. The Hall–Kier alpha value is -2.52. The number of halogens is 1. The van der Waals surface area contributed by atoms with Crippen LogP contribution in [-0.4, -0.2) is 63.1 Å². The molecule has 9 heteroatoms. The summed E-state index contributed by atoms with van der Waals surface area (Å²) < 4.78 is 15.1. The van der Waals surface area contributed by atoms with Crippen molar-refractivity contribution >= 4 is 28.5 Å². The van der Waals surface area contributed by atoms with E-state index in [2.05, 4.69) is 24.9 Å². The molecule has 1 saturated heterocycles. The Labute approximate surface area is 177 Å². The number of anilines is 1. The predicted molar refractivity (Wildman–Crippen MR) is 117 cm³/mol. The van der Waals surface area contributed by atoms with Gasteiger partial charge < -0.3 is 4.90 Å². The zero-order valence-electron chi connectivity index (χ0n) is 16.6. The molecule has 0 atom stereocenters. The Bertz CT molecular complexity index is 1130. The van der Waals surface area contributed by atoms with Crippen molar-refractivity contribution in [3.8, 4) is 0 Å². The van der Waals surface area contributed by atoms with Gasteiger partial charge in [0, 0.05) is 62.4 Å². The monoisotopic (exact) mass is 426 g/mol. The van der Waals surface area contributed by atoms with Crippen molar-refractivity contribution < 1.29 is 4.39 Å². The molecule has 0 bridgehead atoms. The quantitative estimate of drug-likeness (QED) is 0.632. The number of nitrogens with zero attached hydrogens (tertiary/aromatic N) is 6. The number of thioether (sulfide) groups is 1. The van der Waals surface area contributed by atoms with Gasteiger partial charge in [0.1, 0.15) is 18.0 Å². The second-order valence-corrected chi connectivity index (χ2v) is 8.77. The standard InChI is InChI=1S/C21H23FN6OS/c22-16-1-2-17-19(12-16)23-14-24-21(17)27-7-4-26(5-8-27)6-9-28-20(29)11-15-13-30-10-3-18(15)25-28/h1-2,11-12,14H,3-10,13H2. The third-order valence-electron chi connectivity index (χ3n) is 5.78. The first-order valence-electron chi connectivity index (χ1n) is 10.2. The summed E-state index contributed by atoms with van der Waals surface area (Å²) in [6.07, 6.45) is 2.44. The largest absolute Gasteiger partial charge is 0.353 e. The van der Waals surface area contributed by atoms with E-state index in [9.17, 15) is 9.18 Å². The minimum atomic E-state index is -0.290. The highest BCUT2D eigenvalue weighted by Crippen LogP contribution is 2.24. The molecule has 7 nitrogen and oxygen atoms in total. The Kier molecular flexibility index (Phi) is 5.39. The second kappa shape index (κ2) is 8.31. The van der Waals surface area contributed by atoms with Gasteiger partial charge in [0.15, 0.2) is 0 Å². The number of benzene rings is 1. The molecule has 4 heterocycles. The van der Waals surface area contributed by atoms with Crippen molar-refractivity contribution in [3.05, 3.63) is 58.0 Å². The summed E-state index contributed by atoms with van der Waals surface area (Å²) in [4.78, 5) is 25.6. The van der Waals surface area contributed by atoms with Crippen LogP contribution in [0, 0.1) is 5.82 Å². The molecule has 0 amide bonds. The lowest BCUT2D eigenvalue weighted by Crippen LogP contribution is -2.48. The molecule has 2 aromatic heterocycles. The second-order valence-electron chi connectivity index (χ2n) is 7.67. The first kappa shape index (κ1) is 19.4. The van der Waals surface area contributed by atoms with Crippen molar-refractivity contribution in [2.24, 2.45) is 0 Å². The summed E-state index contributed by atoms with van der Waals surface area (Å²) in [6, 6.07) is 6.40. The molecular weight excluding hydrogens is 403 g/mol. The number of rotatable bonds is 4. The minimum absolute atomic E-state index is 0.00502. The van der Waals surface area contributed by atoms with Gasteiger partial charge in [-0.15, -0.1) is 0 Å². The van der Waals surface area contributed by atoms with Crippen molar-refractivity contribution in [3.63, 3.8) is 0 Å². The molecule has 0 spiro atoms. The van der Waals surface area contributed by atoms with E-state index in [4.69, 9.17) is 0 Å². The normalized spacial score (nSPS) is 17.3. The fourth-order valence-electron chi connectivity index (χ4n) is 4.10. The highest BCUT2D eigenvalue weighted by molar-refractivity contribution is 7.98. The van der Waals surface area contributed by atoms with Crippen LogP contribution >= 0.6 is 11.8 Å². The van der Waals surface area contributed by atoms with Gasteiger partial charge in [0.2, 0.25) is 0 Å². The smallest absolute Gasteiger partial charge is 0.267 e. The molecule has 2 aliphatic heterocycles. The molecule has 2 aliphatic rings. The Morgan fingerprint density at radius 2 is 1.93 bits per heavy atom. The molecule has 5 rings (SSSR count). The summed E-state index contributed by atoms with van der Waals surface area (Å²) in [5.41, 5.74) is 2.79. The number of aromatic nitrogens is 4. The number of piperazine rings is 1. The summed E-state index contributed by atoms with van der Waals surface area (Å²) in [7, 11) is 0. The van der Waals surface area contributed by atoms with Crippen LogP contribution in [-0.2, 0) is 18.7 Å². The minimum Gasteiger partial charge on any atom is -0.353 e. The number of hydrogen-bond acceptors (Lipinski definition) is 7. The van der Waals surface area contributed by atoms with Crippen LogP contribution in [0.25, 0.3) is 10.9 Å². The van der Waals surface area contributed by atoms with Gasteiger partial charge in [-0.25, -0.2) is 19.0 Å². The summed E-state index contributed by atoms with van der Waals surface area (Å²) in [5, 5.41) is 5.48. The number of fused-ring (bicyclic) bond motifs is 2. The maximum atomic E-state index is 13.5. The Morgan fingerprint density at radius 1 is 1.07 bits per heavy atom. The van der Waals surface area contributed by atoms with E-state index in [1.165, 1.54) is 18.5 Å². The first-order valence-corrected chi connectivity index (χ1v) is 11.4. The zero-order valence-corrected chi connectivity index (χ0v) is 17.4. The topological polar surface area (TPSA) is 67.2 Å². The van der Waals surface area contributed by atoms with Crippen LogP contribution in [0.3, 0.4) is 0 Å². The van der Waals surface area contributed by atoms with Crippen molar-refractivity contribution in [1.82, 2.24) is 24.6 Å². The molecule has 30 heavy (non-hydrogen) atoms. The van der Waals surface area contributed by atoms with Gasteiger partial charge in [0.05, 0.1) is 17.8 Å². The summed E-state index contributed by atoms with van der Waals surface area (Å²) in [6.45, 7) is 4.81. The van der Waals surface area contributed by atoms with Gasteiger partial charge in [-0.1, -0.05) is 0 Å². The first-order chi connectivity index (χ1) is 14.7. The van der Waals surface area contributed by atoms with E-state index in [1.807, 2.05) is 11.8 Å².